The predicted molar refractivity (Wildman–Crippen MR) is 81.4 cm³/mol. The Hall–Kier alpha value is -2.48. The summed E-state index contributed by atoms with van der Waals surface area (Å²) in [6.45, 7) is 6.27. The Kier molecular flexibility index (Phi) is 5.79. The average Bonchev–Trinajstić information content (AvgIpc) is 2.40. The third kappa shape index (κ3) is 6.48. The molecular weight excluding hydrogens is 266 g/mol. The van der Waals surface area contributed by atoms with Crippen LogP contribution in [0, 0.1) is 11.3 Å². The first kappa shape index (κ1) is 16.6. The van der Waals surface area contributed by atoms with Crippen LogP contribution in [0.15, 0.2) is 36.0 Å². The molecule has 1 aromatic carbocycles. The summed E-state index contributed by atoms with van der Waals surface area (Å²) in [6.07, 6.45) is 2.08. The molecule has 21 heavy (non-hydrogen) atoms. The van der Waals surface area contributed by atoms with Gasteiger partial charge in [-0.2, -0.15) is 5.26 Å². The van der Waals surface area contributed by atoms with Gasteiger partial charge >= 0.3 is 0 Å². The van der Waals surface area contributed by atoms with Gasteiger partial charge in [0.15, 0.2) is 0 Å². The Morgan fingerprint density at radius 1 is 1.33 bits per heavy atom. The van der Waals surface area contributed by atoms with Crippen molar-refractivity contribution in [3.05, 3.63) is 41.6 Å². The number of carbonyl (C=O) groups is 1. The van der Waals surface area contributed by atoms with Crippen molar-refractivity contribution in [2.75, 3.05) is 6.54 Å². The fourth-order valence-corrected chi connectivity index (χ4v) is 1.52. The molecule has 0 aliphatic heterocycles. The molecule has 1 rings (SSSR count). The van der Waals surface area contributed by atoms with Crippen LogP contribution in [0.1, 0.15) is 26.3 Å². The molecule has 1 amide bonds. The van der Waals surface area contributed by atoms with E-state index in [0.29, 0.717) is 13.0 Å². The minimum Gasteiger partial charge on any atom is -0.508 e. The van der Waals surface area contributed by atoms with E-state index in [9.17, 15) is 9.90 Å². The van der Waals surface area contributed by atoms with Crippen molar-refractivity contribution >= 4 is 5.91 Å². The number of aromatic hydroxyl groups is 1. The number of carbonyl (C=O) groups excluding carboxylic acids is 1. The van der Waals surface area contributed by atoms with E-state index in [-0.39, 0.29) is 16.9 Å². The SMILES string of the molecule is CC(C)(C)N/C=C(/C#N)C(=O)NCCc1ccc(O)cc1. The molecule has 3 N–H and O–H groups in total. The highest BCUT2D eigenvalue weighted by Gasteiger charge is 2.11. The van der Waals surface area contributed by atoms with E-state index in [1.165, 1.54) is 6.20 Å². The number of amides is 1. The first-order chi connectivity index (χ1) is 9.81. The lowest BCUT2D eigenvalue weighted by Crippen LogP contribution is -2.33. The van der Waals surface area contributed by atoms with Crippen LogP contribution in [0.4, 0.5) is 0 Å². The lowest BCUT2D eigenvalue weighted by atomic mass is 10.1. The van der Waals surface area contributed by atoms with Crippen LogP contribution in [0.3, 0.4) is 0 Å². The normalized spacial score (nSPS) is 11.6. The standard InChI is InChI=1S/C16H21N3O2/c1-16(2,3)19-11-13(10-17)15(21)18-9-8-12-4-6-14(20)7-5-12/h4-7,11,19-20H,8-9H2,1-3H3,(H,18,21)/b13-11-. The lowest BCUT2D eigenvalue weighted by Gasteiger charge is -2.18. The van der Waals surface area contributed by atoms with E-state index in [0.717, 1.165) is 5.56 Å². The van der Waals surface area contributed by atoms with Crippen molar-refractivity contribution in [2.45, 2.75) is 32.7 Å². The van der Waals surface area contributed by atoms with Crippen molar-refractivity contribution in [3.8, 4) is 11.8 Å². The van der Waals surface area contributed by atoms with Gasteiger partial charge in [0.1, 0.15) is 17.4 Å². The Morgan fingerprint density at radius 2 is 1.95 bits per heavy atom. The molecular formula is C16H21N3O2. The second-order valence-corrected chi connectivity index (χ2v) is 5.74. The zero-order chi connectivity index (χ0) is 15.9. The quantitative estimate of drug-likeness (QED) is 0.570. The second kappa shape index (κ2) is 7.34. The summed E-state index contributed by atoms with van der Waals surface area (Å²) < 4.78 is 0. The van der Waals surface area contributed by atoms with Gasteiger partial charge in [0.25, 0.3) is 5.91 Å². The highest BCUT2D eigenvalue weighted by Crippen LogP contribution is 2.09. The number of nitriles is 1. The lowest BCUT2D eigenvalue weighted by molar-refractivity contribution is -0.117. The minimum absolute atomic E-state index is 0.0515. The summed E-state index contributed by atoms with van der Waals surface area (Å²) in [5, 5.41) is 23.9. The van der Waals surface area contributed by atoms with Crippen molar-refractivity contribution in [1.82, 2.24) is 10.6 Å². The second-order valence-electron chi connectivity index (χ2n) is 5.74. The molecule has 0 bridgehead atoms. The van der Waals surface area contributed by atoms with Crippen molar-refractivity contribution in [1.29, 1.82) is 5.26 Å². The van der Waals surface area contributed by atoms with Crippen LogP contribution in [0.25, 0.3) is 0 Å². The molecule has 0 aliphatic rings. The van der Waals surface area contributed by atoms with Crippen LogP contribution in [0.2, 0.25) is 0 Å². The summed E-state index contributed by atoms with van der Waals surface area (Å²) in [5.41, 5.74) is 0.855. The topological polar surface area (TPSA) is 85.2 Å². The van der Waals surface area contributed by atoms with E-state index in [1.807, 2.05) is 26.8 Å². The van der Waals surface area contributed by atoms with Gasteiger partial charge in [-0.25, -0.2) is 0 Å². The largest absolute Gasteiger partial charge is 0.508 e. The molecule has 112 valence electrons. The number of hydrogen-bond acceptors (Lipinski definition) is 4. The average molecular weight is 287 g/mol. The molecule has 0 radical (unpaired) electrons. The van der Waals surface area contributed by atoms with E-state index >= 15 is 0 Å². The number of phenolic OH excluding ortho intramolecular Hbond substituents is 1. The van der Waals surface area contributed by atoms with Crippen LogP contribution < -0.4 is 10.6 Å². The summed E-state index contributed by atoms with van der Waals surface area (Å²) in [7, 11) is 0. The number of phenols is 1. The maximum Gasteiger partial charge on any atom is 0.263 e. The monoisotopic (exact) mass is 287 g/mol. The highest BCUT2D eigenvalue weighted by molar-refractivity contribution is 5.97. The highest BCUT2D eigenvalue weighted by atomic mass is 16.3. The molecule has 0 saturated carbocycles. The van der Waals surface area contributed by atoms with Gasteiger partial charge < -0.3 is 15.7 Å². The molecule has 0 saturated heterocycles. The molecule has 0 atom stereocenters. The predicted octanol–water partition coefficient (Wildman–Crippen LogP) is 1.85. The smallest absolute Gasteiger partial charge is 0.263 e. The molecule has 0 aliphatic carbocycles. The van der Waals surface area contributed by atoms with Crippen LogP contribution in [-0.2, 0) is 11.2 Å². The first-order valence-electron chi connectivity index (χ1n) is 6.76. The summed E-state index contributed by atoms with van der Waals surface area (Å²) >= 11 is 0. The van der Waals surface area contributed by atoms with Crippen LogP contribution in [-0.4, -0.2) is 23.1 Å². The Labute approximate surface area is 125 Å². The Bertz CT molecular complexity index is 548. The number of hydrogen-bond donors (Lipinski definition) is 3. The number of benzene rings is 1. The number of rotatable bonds is 5. The van der Waals surface area contributed by atoms with Crippen molar-refractivity contribution in [2.24, 2.45) is 0 Å². The summed E-state index contributed by atoms with van der Waals surface area (Å²) in [6, 6.07) is 8.68. The van der Waals surface area contributed by atoms with E-state index < -0.39 is 5.91 Å². The molecule has 0 unspecified atom stereocenters. The van der Waals surface area contributed by atoms with Crippen LogP contribution in [0.5, 0.6) is 5.75 Å². The number of nitrogens with zero attached hydrogens (tertiary/aromatic N) is 1. The summed E-state index contributed by atoms with van der Waals surface area (Å²) in [4.78, 5) is 11.9. The van der Waals surface area contributed by atoms with Crippen molar-refractivity contribution < 1.29 is 9.90 Å². The van der Waals surface area contributed by atoms with E-state index in [1.54, 1.807) is 24.3 Å². The van der Waals surface area contributed by atoms with Gasteiger partial charge in [-0.3, -0.25) is 4.79 Å². The number of nitrogens with one attached hydrogen (secondary N) is 2. The molecule has 0 spiro atoms. The van der Waals surface area contributed by atoms with Gasteiger partial charge in [-0.1, -0.05) is 12.1 Å². The van der Waals surface area contributed by atoms with Gasteiger partial charge in [-0.05, 0) is 44.9 Å². The van der Waals surface area contributed by atoms with Gasteiger partial charge in [-0.15, -0.1) is 0 Å². The molecule has 1 aromatic rings. The molecule has 0 heterocycles. The first-order valence-corrected chi connectivity index (χ1v) is 6.76. The maximum absolute atomic E-state index is 11.9. The van der Waals surface area contributed by atoms with Crippen LogP contribution >= 0.6 is 0 Å². The molecule has 5 heteroatoms. The Balaban J connectivity index is 2.48. The van der Waals surface area contributed by atoms with Crippen molar-refractivity contribution in [3.63, 3.8) is 0 Å². The Morgan fingerprint density at radius 3 is 2.48 bits per heavy atom. The third-order valence-electron chi connectivity index (χ3n) is 2.65. The third-order valence-corrected chi connectivity index (χ3v) is 2.65. The van der Waals surface area contributed by atoms with Gasteiger partial charge in [0, 0.05) is 18.3 Å². The summed E-state index contributed by atoms with van der Waals surface area (Å²) in [5.74, 6) is -0.182. The molecule has 0 fully saturated rings. The molecule has 0 aromatic heterocycles. The van der Waals surface area contributed by atoms with Gasteiger partial charge in [0.05, 0.1) is 0 Å². The zero-order valence-corrected chi connectivity index (χ0v) is 12.6. The van der Waals surface area contributed by atoms with Gasteiger partial charge in [0.2, 0.25) is 0 Å². The zero-order valence-electron chi connectivity index (χ0n) is 12.6. The molecule has 5 nitrogen and oxygen atoms in total. The maximum atomic E-state index is 11.9. The fraction of sp³-hybridized carbons (Fsp3) is 0.375. The fourth-order valence-electron chi connectivity index (χ4n) is 1.52. The van der Waals surface area contributed by atoms with E-state index in [2.05, 4.69) is 10.6 Å². The van der Waals surface area contributed by atoms with E-state index in [4.69, 9.17) is 5.26 Å². The minimum atomic E-state index is -0.395.